The van der Waals surface area contributed by atoms with E-state index >= 15 is 0 Å². The Bertz CT molecular complexity index is 182. The number of unbranched alkanes of at least 4 members (excludes halogenated alkanes) is 7. The summed E-state index contributed by atoms with van der Waals surface area (Å²) in [5.41, 5.74) is 5.73. The molecule has 144 valence electrons. The Morgan fingerprint density at radius 3 is 1.82 bits per heavy atom. The molecule has 0 aliphatic rings. The van der Waals surface area contributed by atoms with Gasteiger partial charge in [0.15, 0.2) is 0 Å². The first-order valence-electron chi connectivity index (χ1n) is 7.66. The third-order valence-electron chi connectivity index (χ3n) is 3.45. The number of ether oxygens (including phenoxy) is 1. The summed E-state index contributed by atoms with van der Waals surface area (Å²) in [6.45, 7) is 5.68. The minimum absolute atomic E-state index is 0. The van der Waals surface area contributed by atoms with Gasteiger partial charge in [-0.1, -0.05) is 51.9 Å². The zero-order valence-electron chi connectivity index (χ0n) is 14.1. The average molecular weight is 543 g/mol. The topological polar surface area (TPSA) is 89.0 Å². The molecule has 0 aromatic heterocycles. The van der Waals surface area contributed by atoms with Crippen molar-refractivity contribution in [1.82, 2.24) is 0 Å². The maximum Gasteiger partial charge on any atom is 0.0530 e. The second-order valence-corrected chi connectivity index (χ2v) is 5.35. The first-order valence-corrected chi connectivity index (χ1v) is 7.66. The van der Waals surface area contributed by atoms with Crippen molar-refractivity contribution < 1.29 is 30.9 Å². The normalized spacial score (nSPS) is 12.0. The van der Waals surface area contributed by atoms with Crippen molar-refractivity contribution in [3.63, 3.8) is 0 Å². The van der Waals surface area contributed by atoms with Gasteiger partial charge in [-0.25, -0.2) is 0 Å². The Hall–Kier alpha value is 1.11. The van der Waals surface area contributed by atoms with Gasteiger partial charge in [0.1, 0.15) is 0 Å². The molecule has 0 saturated carbocycles. The van der Waals surface area contributed by atoms with E-state index in [4.69, 9.17) is 15.6 Å². The number of halogens is 2. The van der Waals surface area contributed by atoms with E-state index in [0.717, 1.165) is 13.0 Å². The van der Waals surface area contributed by atoms with Crippen molar-refractivity contribution >= 4 is 24.8 Å². The fourth-order valence-electron chi connectivity index (χ4n) is 1.94. The fourth-order valence-corrected chi connectivity index (χ4v) is 1.94. The van der Waals surface area contributed by atoms with Gasteiger partial charge in [0.05, 0.1) is 6.61 Å². The zero-order valence-corrected chi connectivity index (χ0v) is 18.0. The monoisotopic (exact) mass is 542 g/mol. The Morgan fingerprint density at radius 2 is 1.41 bits per heavy atom. The largest absolute Gasteiger partial charge is 0.693 e. The molecule has 2 unspecified atom stereocenters. The van der Waals surface area contributed by atoms with Crippen LogP contribution < -0.4 is 5.73 Å². The van der Waals surface area contributed by atoms with Crippen molar-refractivity contribution in [2.45, 2.75) is 71.3 Å². The van der Waals surface area contributed by atoms with E-state index in [2.05, 4.69) is 6.92 Å². The number of nitrogens with two attached hydrogens (primary N) is 2. The van der Waals surface area contributed by atoms with Gasteiger partial charge in [0.25, 0.3) is 0 Å². The maximum atomic E-state index is 9.08. The van der Waals surface area contributed by atoms with E-state index in [1.165, 1.54) is 44.9 Å². The molecule has 0 aliphatic carbocycles. The predicted octanol–water partition coefficient (Wildman–Crippen LogP) is 4.66. The van der Waals surface area contributed by atoms with E-state index in [0.29, 0.717) is 6.61 Å². The van der Waals surface area contributed by atoms with Crippen molar-refractivity contribution in [3.8, 4) is 0 Å². The molecule has 0 aliphatic heterocycles. The summed E-state index contributed by atoms with van der Waals surface area (Å²) in [7, 11) is 0. The third kappa shape index (κ3) is 23.4. The Labute approximate surface area is 164 Å². The summed E-state index contributed by atoms with van der Waals surface area (Å²) < 4.78 is 5.55. The van der Waals surface area contributed by atoms with E-state index in [1.807, 2.05) is 6.92 Å². The molecule has 22 heavy (non-hydrogen) atoms. The number of aliphatic hydroxyl groups is 1. The van der Waals surface area contributed by atoms with Gasteiger partial charge in [-0.15, -0.1) is 24.8 Å². The van der Waals surface area contributed by atoms with Gasteiger partial charge in [0, 0.05) is 46.2 Å². The molecule has 4 nitrogen and oxygen atoms in total. The standard InChI is InChI=1S/C15H33NO2.2ClH.H2N.Pt/c1-3-4-5-6-7-8-9-10-11-18-13-15(12-17)14(2)16;;;;/h14-15,17H,3-13,16H2,1-2H3;2*1H;1H2;/q;;;-1;. The van der Waals surface area contributed by atoms with Crippen LogP contribution in [-0.2, 0) is 25.8 Å². The SMILES string of the molecule is CCCCCCCCCCOCC(CO)C(C)N.Cl.Cl.[NH2-].[Pt]. The molecule has 0 saturated heterocycles. The molecule has 0 rings (SSSR count). The Morgan fingerprint density at radius 1 is 0.955 bits per heavy atom. The Kier molecular flexibility index (Phi) is 42.2. The average Bonchev–Trinajstić information content (AvgIpc) is 2.35. The van der Waals surface area contributed by atoms with Gasteiger partial charge >= 0.3 is 0 Å². The van der Waals surface area contributed by atoms with E-state index in [-0.39, 0.29) is 70.6 Å². The van der Waals surface area contributed by atoms with Crippen LogP contribution in [0.1, 0.15) is 65.2 Å². The van der Waals surface area contributed by atoms with E-state index < -0.39 is 0 Å². The molecule has 0 radical (unpaired) electrons. The second kappa shape index (κ2) is 27.0. The second-order valence-electron chi connectivity index (χ2n) is 5.35. The number of rotatable bonds is 13. The number of hydrogen-bond donors (Lipinski definition) is 2. The van der Waals surface area contributed by atoms with Crippen molar-refractivity contribution in [3.05, 3.63) is 6.15 Å². The minimum atomic E-state index is 0. The molecule has 0 aromatic carbocycles. The summed E-state index contributed by atoms with van der Waals surface area (Å²) in [5.74, 6) is 0.0824. The van der Waals surface area contributed by atoms with Crippen LogP contribution in [0.4, 0.5) is 0 Å². The summed E-state index contributed by atoms with van der Waals surface area (Å²) in [6, 6.07) is 0.00793. The molecule has 0 spiro atoms. The van der Waals surface area contributed by atoms with E-state index in [9.17, 15) is 0 Å². The van der Waals surface area contributed by atoms with Crippen LogP contribution in [0.5, 0.6) is 0 Å². The predicted molar refractivity (Wildman–Crippen MR) is 97.4 cm³/mol. The smallest absolute Gasteiger partial charge is 0.0530 e. The van der Waals surface area contributed by atoms with Crippen LogP contribution in [0.25, 0.3) is 6.15 Å². The van der Waals surface area contributed by atoms with Crippen LogP contribution in [-0.4, -0.2) is 31.0 Å². The van der Waals surface area contributed by atoms with Crippen LogP contribution in [0.15, 0.2) is 0 Å². The molecular weight excluding hydrogens is 506 g/mol. The van der Waals surface area contributed by atoms with Crippen LogP contribution in [0, 0.1) is 5.92 Å². The number of aliphatic hydroxyl groups excluding tert-OH is 1. The molecule has 0 bridgehead atoms. The van der Waals surface area contributed by atoms with Gasteiger partial charge in [-0.2, -0.15) is 0 Å². The first-order chi connectivity index (χ1) is 8.72. The molecule has 0 aromatic rings. The van der Waals surface area contributed by atoms with Crippen molar-refractivity contribution in [2.24, 2.45) is 11.7 Å². The summed E-state index contributed by atoms with van der Waals surface area (Å²) in [6.07, 6.45) is 10.5. The van der Waals surface area contributed by atoms with E-state index in [1.54, 1.807) is 0 Å². The fraction of sp³-hybridized carbons (Fsp3) is 1.00. The van der Waals surface area contributed by atoms with Gasteiger partial charge in [-0.3, -0.25) is 0 Å². The molecule has 0 heterocycles. The molecule has 2 atom stereocenters. The quantitative estimate of drug-likeness (QED) is 0.332. The van der Waals surface area contributed by atoms with Gasteiger partial charge in [0.2, 0.25) is 0 Å². The van der Waals surface area contributed by atoms with Crippen LogP contribution in [0.2, 0.25) is 0 Å². The minimum Gasteiger partial charge on any atom is -0.693 e. The molecule has 0 fully saturated rings. The van der Waals surface area contributed by atoms with Crippen molar-refractivity contribution in [1.29, 1.82) is 0 Å². The van der Waals surface area contributed by atoms with Gasteiger partial charge in [-0.05, 0) is 13.3 Å². The van der Waals surface area contributed by atoms with Crippen LogP contribution in [0.3, 0.4) is 0 Å². The Balaban J connectivity index is -0.000000241. The molecule has 7 heteroatoms. The number of hydrogen-bond acceptors (Lipinski definition) is 3. The summed E-state index contributed by atoms with van der Waals surface area (Å²) >= 11 is 0. The maximum absolute atomic E-state index is 9.08. The third-order valence-corrected chi connectivity index (χ3v) is 3.45. The van der Waals surface area contributed by atoms with Gasteiger partial charge < -0.3 is 21.7 Å². The molecule has 0 amide bonds. The zero-order chi connectivity index (χ0) is 13.6. The van der Waals surface area contributed by atoms with Crippen LogP contribution >= 0.6 is 24.8 Å². The first kappa shape index (κ1) is 34.4. The van der Waals surface area contributed by atoms with Crippen molar-refractivity contribution in [2.75, 3.05) is 19.8 Å². The molecule has 5 N–H and O–H groups in total. The summed E-state index contributed by atoms with van der Waals surface area (Å²) in [5, 5.41) is 9.08. The summed E-state index contributed by atoms with van der Waals surface area (Å²) in [4.78, 5) is 0. The molecular formula is C15H37Cl2N2O2Pt-.